The Morgan fingerprint density at radius 3 is 2.74 bits per heavy atom. The third kappa shape index (κ3) is 2.45. The van der Waals surface area contributed by atoms with E-state index in [0.717, 1.165) is 12.8 Å². The molecule has 0 spiro atoms. The van der Waals surface area contributed by atoms with Crippen LogP contribution in [0.25, 0.3) is 0 Å². The number of carbonyl (C=O) groups is 2. The van der Waals surface area contributed by atoms with Crippen molar-refractivity contribution >= 4 is 11.8 Å². The van der Waals surface area contributed by atoms with Gasteiger partial charge in [0.05, 0.1) is 12.1 Å². The molecule has 5 heteroatoms. The predicted molar refractivity (Wildman–Crippen MR) is 66.6 cm³/mol. The Morgan fingerprint density at radius 2 is 2.05 bits per heavy atom. The maximum Gasteiger partial charge on any atom is 0.223 e. The molecule has 0 bridgehead atoms. The van der Waals surface area contributed by atoms with Crippen molar-refractivity contribution in [3.63, 3.8) is 0 Å². The van der Waals surface area contributed by atoms with E-state index >= 15 is 0 Å². The Bertz CT molecular complexity index is 528. The number of hydrogen-bond acceptors (Lipinski definition) is 2. The average Bonchev–Trinajstić information content (AvgIpc) is 3.16. The molecule has 0 unspecified atom stereocenters. The van der Waals surface area contributed by atoms with Gasteiger partial charge in [0.25, 0.3) is 0 Å². The van der Waals surface area contributed by atoms with Crippen molar-refractivity contribution in [2.45, 2.75) is 31.3 Å². The molecule has 1 aliphatic heterocycles. The van der Waals surface area contributed by atoms with E-state index in [2.05, 4.69) is 10.6 Å². The van der Waals surface area contributed by atoms with Crippen LogP contribution >= 0.6 is 0 Å². The Labute approximate surface area is 110 Å². The lowest BCUT2D eigenvalue weighted by molar-refractivity contribution is -0.123. The average molecular weight is 262 g/mol. The lowest BCUT2D eigenvalue weighted by Gasteiger charge is -2.21. The molecule has 1 aromatic rings. The van der Waals surface area contributed by atoms with Crippen LogP contribution < -0.4 is 10.6 Å². The first-order chi connectivity index (χ1) is 9.15. The number of benzene rings is 1. The van der Waals surface area contributed by atoms with Gasteiger partial charge in [0.1, 0.15) is 5.82 Å². The lowest BCUT2D eigenvalue weighted by atomic mass is 10.00. The predicted octanol–water partition coefficient (Wildman–Crippen LogP) is 1.28. The Balaban J connectivity index is 1.80. The molecule has 2 N–H and O–H groups in total. The second-order valence-corrected chi connectivity index (χ2v) is 5.16. The van der Waals surface area contributed by atoms with Crippen LogP contribution in [0.4, 0.5) is 4.39 Å². The summed E-state index contributed by atoms with van der Waals surface area (Å²) in [6, 6.07) is 5.49. The molecule has 100 valence electrons. The molecule has 3 rings (SSSR count). The van der Waals surface area contributed by atoms with Gasteiger partial charge in [0.15, 0.2) is 0 Å². The summed E-state index contributed by atoms with van der Waals surface area (Å²) in [5.74, 6) is -0.463. The van der Waals surface area contributed by atoms with Gasteiger partial charge in [-0.05, 0) is 18.9 Å². The van der Waals surface area contributed by atoms with Gasteiger partial charge in [0, 0.05) is 17.9 Å². The maximum atomic E-state index is 13.8. The molecule has 2 atom stereocenters. The number of halogens is 1. The van der Waals surface area contributed by atoms with Crippen LogP contribution in [0.15, 0.2) is 24.3 Å². The van der Waals surface area contributed by atoms with E-state index in [1.54, 1.807) is 18.2 Å². The summed E-state index contributed by atoms with van der Waals surface area (Å²) >= 11 is 0. The summed E-state index contributed by atoms with van der Waals surface area (Å²) in [6.07, 6.45) is 2.02. The summed E-state index contributed by atoms with van der Waals surface area (Å²) in [6.45, 7) is 0. The summed E-state index contributed by atoms with van der Waals surface area (Å²) in [7, 11) is 0. The van der Waals surface area contributed by atoms with Crippen molar-refractivity contribution in [1.82, 2.24) is 10.6 Å². The van der Waals surface area contributed by atoms with E-state index in [1.807, 2.05) is 0 Å². The van der Waals surface area contributed by atoms with Crippen LogP contribution in [-0.4, -0.2) is 17.9 Å². The zero-order valence-corrected chi connectivity index (χ0v) is 10.4. The quantitative estimate of drug-likeness (QED) is 0.862. The fourth-order valence-corrected chi connectivity index (χ4v) is 2.45. The topological polar surface area (TPSA) is 58.2 Å². The third-order valence-electron chi connectivity index (χ3n) is 3.64. The number of carbonyl (C=O) groups excluding carboxylic acids is 2. The highest BCUT2D eigenvalue weighted by atomic mass is 19.1. The van der Waals surface area contributed by atoms with Gasteiger partial charge in [-0.15, -0.1) is 0 Å². The molecule has 2 amide bonds. The molecular formula is C14H15FN2O2. The van der Waals surface area contributed by atoms with Gasteiger partial charge in [-0.3, -0.25) is 9.59 Å². The highest BCUT2D eigenvalue weighted by molar-refractivity contribution is 5.84. The monoisotopic (exact) mass is 262 g/mol. The number of nitrogens with one attached hydrogen (secondary N) is 2. The fraction of sp³-hybridized carbons (Fsp3) is 0.429. The SMILES string of the molecule is O=C1C[C@H](NC(=O)C2CC2)[C@@H](c2ccccc2F)N1. The summed E-state index contributed by atoms with van der Waals surface area (Å²) in [4.78, 5) is 23.3. The first kappa shape index (κ1) is 12.1. The van der Waals surface area contributed by atoms with Crippen molar-refractivity contribution < 1.29 is 14.0 Å². The van der Waals surface area contributed by atoms with Crippen LogP contribution in [-0.2, 0) is 9.59 Å². The van der Waals surface area contributed by atoms with E-state index in [0.29, 0.717) is 5.56 Å². The maximum absolute atomic E-state index is 13.8. The smallest absolute Gasteiger partial charge is 0.223 e. The highest BCUT2D eigenvalue weighted by Crippen LogP contribution is 2.31. The van der Waals surface area contributed by atoms with E-state index < -0.39 is 6.04 Å². The minimum atomic E-state index is -0.476. The van der Waals surface area contributed by atoms with Crippen LogP contribution in [0.5, 0.6) is 0 Å². The summed E-state index contributed by atoms with van der Waals surface area (Å²) in [5.41, 5.74) is 0.425. The van der Waals surface area contributed by atoms with Gasteiger partial charge in [-0.1, -0.05) is 18.2 Å². The van der Waals surface area contributed by atoms with Gasteiger partial charge in [0.2, 0.25) is 11.8 Å². The van der Waals surface area contributed by atoms with Crippen molar-refractivity contribution in [2.24, 2.45) is 5.92 Å². The molecule has 1 aliphatic carbocycles. The minimum absolute atomic E-state index is 0.0251. The van der Waals surface area contributed by atoms with Gasteiger partial charge in [-0.25, -0.2) is 4.39 Å². The van der Waals surface area contributed by atoms with Crippen molar-refractivity contribution in [3.05, 3.63) is 35.6 Å². The molecule has 1 heterocycles. The second-order valence-electron chi connectivity index (χ2n) is 5.16. The van der Waals surface area contributed by atoms with Crippen LogP contribution in [0.3, 0.4) is 0 Å². The van der Waals surface area contributed by atoms with Gasteiger partial charge < -0.3 is 10.6 Å². The van der Waals surface area contributed by atoms with Crippen LogP contribution in [0, 0.1) is 11.7 Å². The number of rotatable bonds is 3. The van der Waals surface area contributed by atoms with Crippen molar-refractivity contribution in [1.29, 1.82) is 0 Å². The Kier molecular flexibility index (Phi) is 2.97. The van der Waals surface area contributed by atoms with E-state index in [4.69, 9.17) is 0 Å². The van der Waals surface area contributed by atoms with Gasteiger partial charge in [-0.2, -0.15) is 0 Å². The molecular weight excluding hydrogens is 247 g/mol. The minimum Gasteiger partial charge on any atom is -0.350 e. The fourth-order valence-electron chi connectivity index (χ4n) is 2.45. The molecule has 1 saturated carbocycles. The van der Waals surface area contributed by atoms with E-state index in [-0.39, 0.29) is 36.0 Å². The van der Waals surface area contributed by atoms with E-state index in [9.17, 15) is 14.0 Å². The first-order valence-electron chi connectivity index (χ1n) is 6.49. The molecule has 0 aromatic heterocycles. The van der Waals surface area contributed by atoms with Crippen molar-refractivity contribution in [2.75, 3.05) is 0 Å². The first-order valence-corrected chi connectivity index (χ1v) is 6.49. The normalized spacial score (nSPS) is 26.1. The molecule has 2 fully saturated rings. The van der Waals surface area contributed by atoms with Crippen LogP contribution in [0.2, 0.25) is 0 Å². The molecule has 2 aliphatic rings. The standard InChI is InChI=1S/C14H15FN2O2/c15-10-4-2-1-3-9(10)13-11(7-12(18)17-13)16-14(19)8-5-6-8/h1-4,8,11,13H,5-7H2,(H,16,19)(H,17,18)/t11-,13+/m0/s1. The number of amides is 2. The van der Waals surface area contributed by atoms with Gasteiger partial charge >= 0.3 is 0 Å². The zero-order chi connectivity index (χ0) is 13.4. The molecule has 4 nitrogen and oxygen atoms in total. The number of hydrogen-bond donors (Lipinski definition) is 2. The Morgan fingerprint density at radius 1 is 1.32 bits per heavy atom. The summed E-state index contributed by atoms with van der Waals surface area (Å²) < 4.78 is 13.8. The molecule has 0 radical (unpaired) electrons. The molecule has 19 heavy (non-hydrogen) atoms. The lowest BCUT2D eigenvalue weighted by Crippen LogP contribution is -2.39. The van der Waals surface area contributed by atoms with Crippen LogP contribution in [0.1, 0.15) is 30.9 Å². The zero-order valence-electron chi connectivity index (χ0n) is 10.4. The molecule has 1 aromatic carbocycles. The summed E-state index contributed by atoms with van der Waals surface area (Å²) in [5, 5.41) is 5.59. The molecule has 1 saturated heterocycles. The highest BCUT2D eigenvalue weighted by Gasteiger charge is 2.38. The van der Waals surface area contributed by atoms with Crippen molar-refractivity contribution in [3.8, 4) is 0 Å². The van der Waals surface area contributed by atoms with E-state index in [1.165, 1.54) is 6.07 Å². The second kappa shape index (κ2) is 4.64. The largest absolute Gasteiger partial charge is 0.350 e. The third-order valence-corrected chi connectivity index (χ3v) is 3.64. The Hall–Kier alpha value is -1.91.